The van der Waals surface area contributed by atoms with E-state index in [1.807, 2.05) is 12.1 Å². The number of carbonyl (C=O) groups is 1. The lowest BCUT2D eigenvalue weighted by molar-refractivity contribution is -0.139. The number of nitrogens with zero attached hydrogens (tertiary/aromatic N) is 2. The molecule has 0 atom stereocenters. The Morgan fingerprint density at radius 3 is 2.41 bits per heavy atom. The molecule has 3 rings (SSSR count). The Balaban J connectivity index is 1.58. The first-order valence-electron chi connectivity index (χ1n) is 9.60. The van der Waals surface area contributed by atoms with Crippen LogP contribution in [-0.4, -0.2) is 28.5 Å². The number of hydrogen-bond donors (Lipinski definition) is 1. The highest BCUT2D eigenvalue weighted by Gasteiger charge is 2.34. The van der Waals surface area contributed by atoms with Gasteiger partial charge in [-0.15, -0.1) is 0 Å². The van der Waals surface area contributed by atoms with Crippen LogP contribution in [-0.2, 0) is 24.1 Å². The summed E-state index contributed by atoms with van der Waals surface area (Å²) in [6.07, 6.45) is -1.19. The van der Waals surface area contributed by atoms with Crippen molar-refractivity contribution in [3.8, 4) is 0 Å². The summed E-state index contributed by atoms with van der Waals surface area (Å²) >= 11 is 0. The van der Waals surface area contributed by atoms with Gasteiger partial charge >= 0.3 is 6.18 Å². The summed E-state index contributed by atoms with van der Waals surface area (Å²) in [6.45, 7) is 4.77. The number of carbonyl (C=O) groups excluding carboxylic acids is 1. The van der Waals surface area contributed by atoms with Crippen LogP contribution in [0.2, 0.25) is 0 Å². The van der Waals surface area contributed by atoms with E-state index in [4.69, 9.17) is 0 Å². The van der Waals surface area contributed by atoms with E-state index in [-0.39, 0.29) is 0 Å². The molecule has 8 heteroatoms. The lowest BCUT2D eigenvalue weighted by Crippen LogP contribution is -2.32. The van der Waals surface area contributed by atoms with Gasteiger partial charge in [-0.2, -0.15) is 13.2 Å². The van der Waals surface area contributed by atoms with Gasteiger partial charge in [0.15, 0.2) is 0 Å². The normalized spacial score (nSPS) is 16.0. The third-order valence-corrected chi connectivity index (χ3v) is 5.16. The van der Waals surface area contributed by atoms with Crippen LogP contribution in [0.25, 0.3) is 0 Å². The van der Waals surface area contributed by atoms with E-state index >= 15 is 0 Å². The summed E-state index contributed by atoms with van der Waals surface area (Å²) in [5.41, 5.74) is -0.858. The van der Waals surface area contributed by atoms with Gasteiger partial charge in [-0.3, -0.25) is 14.5 Å². The van der Waals surface area contributed by atoms with Crippen LogP contribution in [0.4, 0.5) is 18.9 Å². The molecule has 2 heterocycles. The van der Waals surface area contributed by atoms with Gasteiger partial charge in [0.05, 0.1) is 0 Å². The van der Waals surface area contributed by atoms with Crippen molar-refractivity contribution in [2.45, 2.75) is 39.0 Å². The number of rotatable bonds is 5. The van der Waals surface area contributed by atoms with Gasteiger partial charge in [-0.1, -0.05) is 19.1 Å². The summed E-state index contributed by atoms with van der Waals surface area (Å²) in [5, 5.41) is 2.62. The molecule has 0 spiro atoms. The van der Waals surface area contributed by atoms with Gasteiger partial charge in [0.2, 0.25) is 5.91 Å². The molecule has 1 amide bonds. The largest absolute Gasteiger partial charge is 0.421 e. The minimum absolute atomic E-state index is 0.490. The van der Waals surface area contributed by atoms with Crippen LogP contribution < -0.4 is 10.9 Å². The number of nitrogens with one attached hydrogen (secondary N) is 1. The van der Waals surface area contributed by atoms with Gasteiger partial charge < -0.3 is 9.88 Å². The number of amides is 1. The highest BCUT2D eigenvalue weighted by molar-refractivity contribution is 5.90. The Bertz CT molecular complexity index is 899. The monoisotopic (exact) mass is 407 g/mol. The second-order valence-electron chi connectivity index (χ2n) is 7.56. The Labute approximate surface area is 167 Å². The van der Waals surface area contributed by atoms with Gasteiger partial charge in [-0.25, -0.2) is 0 Å². The molecule has 0 saturated carbocycles. The van der Waals surface area contributed by atoms with E-state index in [1.165, 1.54) is 19.0 Å². The van der Waals surface area contributed by atoms with Crippen molar-refractivity contribution in [2.75, 3.05) is 18.4 Å². The van der Waals surface area contributed by atoms with Crippen molar-refractivity contribution in [3.63, 3.8) is 0 Å². The number of alkyl halides is 3. The zero-order valence-corrected chi connectivity index (χ0v) is 16.2. The summed E-state index contributed by atoms with van der Waals surface area (Å²) < 4.78 is 39.2. The zero-order chi connectivity index (χ0) is 21.0. The molecule has 5 nitrogen and oxygen atoms in total. The third kappa shape index (κ3) is 5.69. The molecule has 0 bridgehead atoms. The molecule has 1 aromatic carbocycles. The van der Waals surface area contributed by atoms with E-state index in [0.717, 1.165) is 41.7 Å². The molecular weight excluding hydrogens is 383 g/mol. The lowest BCUT2D eigenvalue weighted by Gasteiger charge is -2.30. The molecule has 1 aliphatic heterocycles. The van der Waals surface area contributed by atoms with Gasteiger partial charge in [0, 0.05) is 18.4 Å². The first-order valence-corrected chi connectivity index (χ1v) is 9.60. The van der Waals surface area contributed by atoms with E-state index in [9.17, 15) is 22.8 Å². The summed E-state index contributed by atoms with van der Waals surface area (Å²) in [7, 11) is 0. The minimum atomic E-state index is -4.75. The number of pyridine rings is 1. The highest BCUT2D eigenvalue weighted by atomic mass is 19.4. The Kier molecular flexibility index (Phi) is 6.42. The number of hydrogen-bond acceptors (Lipinski definition) is 3. The molecule has 2 aromatic rings. The average Bonchev–Trinajstić information content (AvgIpc) is 2.66. The van der Waals surface area contributed by atoms with E-state index < -0.39 is 29.8 Å². The SMILES string of the molecule is CC1CCN(Cc2ccc(NC(=O)Cn3cccc(C(F)(F)F)c3=O)cc2)CC1. The Hall–Kier alpha value is -2.61. The second-order valence-corrected chi connectivity index (χ2v) is 7.56. The van der Waals surface area contributed by atoms with Gasteiger partial charge in [0.1, 0.15) is 12.1 Å². The standard InChI is InChI=1S/C21H24F3N3O2/c1-15-8-11-26(12-9-15)13-16-4-6-17(7-5-16)25-19(28)14-27-10-2-3-18(20(27)29)21(22,23)24/h2-7,10,15H,8-9,11-14H2,1H3,(H,25,28). The van der Waals surface area contributed by atoms with Crippen LogP contribution in [0.3, 0.4) is 0 Å². The fraction of sp³-hybridized carbons (Fsp3) is 0.429. The van der Waals surface area contributed by atoms with Crippen LogP contribution in [0.1, 0.15) is 30.9 Å². The summed E-state index contributed by atoms with van der Waals surface area (Å²) in [6, 6.07) is 9.17. The maximum atomic E-state index is 12.8. The molecule has 156 valence electrons. The molecule has 1 aliphatic rings. The van der Waals surface area contributed by atoms with Crippen molar-refractivity contribution in [1.82, 2.24) is 9.47 Å². The number of benzene rings is 1. The second kappa shape index (κ2) is 8.82. The third-order valence-electron chi connectivity index (χ3n) is 5.16. The molecule has 0 unspecified atom stereocenters. The van der Waals surface area contributed by atoms with Crippen molar-refractivity contribution in [1.29, 1.82) is 0 Å². The number of halogens is 3. The Morgan fingerprint density at radius 2 is 1.79 bits per heavy atom. The van der Waals surface area contributed by atoms with Crippen LogP contribution in [0.15, 0.2) is 47.4 Å². The first kappa shape index (κ1) is 21.1. The molecule has 0 radical (unpaired) electrons. The maximum absolute atomic E-state index is 12.8. The maximum Gasteiger partial charge on any atom is 0.421 e. The summed E-state index contributed by atoms with van der Waals surface area (Å²) in [5.74, 6) is 0.206. The number of aromatic nitrogens is 1. The molecule has 1 N–H and O–H groups in total. The molecule has 1 aromatic heterocycles. The van der Waals surface area contributed by atoms with Crippen molar-refractivity contribution < 1.29 is 18.0 Å². The van der Waals surface area contributed by atoms with Crippen LogP contribution >= 0.6 is 0 Å². The van der Waals surface area contributed by atoms with Crippen molar-refractivity contribution in [3.05, 3.63) is 64.1 Å². The fourth-order valence-electron chi connectivity index (χ4n) is 3.40. The lowest BCUT2D eigenvalue weighted by atomic mass is 9.99. The van der Waals surface area contributed by atoms with Gasteiger partial charge in [-0.05, 0) is 61.7 Å². The van der Waals surface area contributed by atoms with Crippen molar-refractivity contribution >= 4 is 11.6 Å². The van der Waals surface area contributed by atoms with E-state index in [1.54, 1.807) is 12.1 Å². The smallest absolute Gasteiger partial charge is 0.325 e. The number of likely N-dealkylation sites (tertiary alicyclic amines) is 1. The predicted molar refractivity (Wildman–Crippen MR) is 104 cm³/mol. The quantitative estimate of drug-likeness (QED) is 0.822. The van der Waals surface area contributed by atoms with Crippen molar-refractivity contribution in [2.24, 2.45) is 5.92 Å². The average molecular weight is 407 g/mol. The van der Waals surface area contributed by atoms with E-state index in [0.29, 0.717) is 11.8 Å². The summed E-state index contributed by atoms with van der Waals surface area (Å²) in [4.78, 5) is 26.5. The Morgan fingerprint density at radius 1 is 1.14 bits per heavy atom. The molecule has 1 saturated heterocycles. The van der Waals surface area contributed by atoms with E-state index in [2.05, 4.69) is 17.1 Å². The van der Waals surface area contributed by atoms with Crippen LogP contribution in [0, 0.1) is 5.92 Å². The highest BCUT2D eigenvalue weighted by Crippen LogP contribution is 2.26. The van der Waals surface area contributed by atoms with Gasteiger partial charge in [0.25, 0.3) is 5.56 Å². The van der Waals surface area contributed by atoms with Crippen LogP contribution in [0.5, 0.6) is 0 Å². The first-order chi connectivity index (χ1) is 13.7. The topological polar surface area (TPSA) is 54.3 Å². The number of piperidine rings is 1. The molecule has 29 heavy (non-hydrogen) atoms. The molecule has 1 fully saturated rings. The number of anilines is 1. The zero-order valence-electron chi connectivity index (χ0n) is 16.2. The fourth-order valence-corrected chi connectivity index (χ4v) is 3.40. The molecular formula is C21H24F3N3O2. The molecule has 0 aliphatic carbocycles. The minimum Gasteiger partial charge on any atom is -0.325 e. The predicted octanol–water partition coefficient (Wildman–Crippen LogP) is 3.74.